The van der Waals surface area contributed by atoms with Crippen LogP contribution in [0.2, 0.25) is 0 Å². The second kappa shape index (κ2) is 10.1. The van der Waals surface area contributed by atoms with E-state index in [0.29, 0.717) is 32.4 Å². The average molecular weight is 245 g/mol. The zero-order chi connectivity index (χ0) is 13.1. The number of aliphatic carboxylic acids is 1. The Hall–Kier alpha value is -1.10. The maximum atomic E-state index is 11.0. The summed E-state index contributed by atoms with van der Waals surface area (Å²) in [6.45, 7) is 4.71. The summed E-state index contributed by atoms with van der Waals surface area (Å²) < 4.78 is 4.78. The minimum absolute atomic E-state index is 0.227. The van der Waals surface area contributed by atoms with E-state index in [1.54, 1.807) is 6.92 Å². The molecule has 0 bridgehead atoms. The molecule has 0 aromatic carbocycles. The van der Waals surface area contributed by atoms with Crippen LogP contribution in [0.15, 0.2) is 0 Å². The van der Waals surface area contributed by atoms with Crippen molar-refractivity contribution in [2.24, 2.45) is 0 Å². The Morgan fingerprint density at radius 2 is 2.00 bits per heavy atom. The molecule has 0 fully saturated rings. The van der Waals surface area contributed by atoms with Crippen LogP contribution in [-0.2, 0) is 14.3 Å². The molecule has 17 heavy (non-hydrogen) atoms. The molecule has 1 atom stereocenters. The number of carboxylic acids is 1. The van der Waals surface area contributed by atoms with Crippen molar-refractivity contribution in [1.29, 1.82) is 0 Å². The lowest BCUT2D eigenvalue weighted by Crippen LogP contribution is -2.37. The van der Waals surface area contributed by atoms with Crippen molar-refractivity contribution in [2.75, 3.05) is 13.2 Å². The zero-order valence-electron chi connectivity index (χ0n) is 10.7. The molecule has 0 aliphatic rings. The summed E-state index contributed by atoms with van der Waals surface area (Å²) in [5, 5.41) is 11.9. The highest BCUT2D eigenvalue weighted by Crippen LogP contribution is 2.01. The number of carbonyl (C=O) groups is 2. The van der Waals surface area contributed by atoms with Crippen LogP contribution in [0, 0.1) is 0 Å². The monoisotopic (exact) mass is 245 g/mol. The van der Waals surface area contributed by atoms with Crippen LogP contribution in [0.3, 0.4) is 0 Å². The van der Waals surface area contributed by atoms with Crippen molar-refractivity contribution >= 4 is 11.9 Å². The van der Waals surface area contributed by atoms with Gasteiger partial charge in [0.2, 0.25) is 0 Å². The highest BCUT2D eigenvalue weighted by Gasteiger charge is 2.15. The van der Waals surface area contributed by atoms with Gasteiger partial charge < -0.3 is 15.2 Å². The number of carboxylic acid groups (broad SMARTS) is 1. The maximum absolute atomic E-state index is 11.0. The molecule has 0 heterocycles. The molecule has 5 nitrogen and oxygen atoms in total. The molecule has 0 spiro atoms. The van der Waals surface area contributed by atoms with Gasteiger partial charge in [0.1, 0.15) is 6.04 Å². The van der Waals surface area contributed by atoms with Crippen LogP contribution in [0.4, 0.5) is 0 Å². The molecule has 100 valence electrons. The predicted molar refractivity (Wildman–Crippen MR) is 64.8 cm³/mol. The summed E-state index contributed by atoms with van der Waals surface area (Å²) in [5.74, 6) is -1.05. The lowest BCUT2D eigenvalue weighted by Gasteiger charge is -2.13. The second-order valence-corrected chi connectivity index (χ2v) is 3.90. The summed E-state index contributed by atoms with van der Waals surface area (Å²) in [6, 6.07) is -0.503. The van der Waals surface area contributed by atoms with Crippen molar-refractivity contribution in [1.82, 2.24) is 5.32 Å². The van der Waals surface area contributed by atoms with Gasteiger partial charge in [0, 0.05) is 6.42 Å². The molecule has 2 N–H and O–H groups in total. The SMILES string of the molecule is CCCCC(NCCCC(=O)OCC)C(=O)O. The van der Waals surface area contributed by atoms with Crippen LogP contribution in [0.1, 0.15) is 46.0 Å². The molecule has 0 amide bonds. The number of ether oxygens (including phenoxy) is 1. The number of esters is 1. The number of nitrogens with one attached hydrogen (secondary N) is 1. The highest BCUT2D eigenvalue weighted by molar-refractivity contribution is 5.73. The minimum Gasteiger partial charge on any atom is -0.480 e. The van der Waals surface area contributed by atoms with Gasteiger partial charge in [0.15, 0.2) is 0 Å². The van der Waals surface area contributed by atoms with Gasteiger partial charge in [0.25, 0.3) is 0 Å². The molecule has 0 aromatic rings. The van der Waals surface area contributed by atoms with Gasteiger partial charge in [-0.3, -0.25) is 9.59 Å². The highest BCUT2D eigenvalue weighted by atomic mass is 16.5. The van der Waals surface area contributed by atoms with Crippen molar-refractivity contribution in [3.63, 3.8) is 0 Å². The topological polar surface area (TPSA) is 75.6 Å². The van der Waals surface area contributed by atoms with Gasteiger partial charge in [-0.25, -0.2) is 0 Å². The predicted octanol–water partition coefficient (Wildman–Crippen LogP) is 1.56. The molecule has 0 aromatic heterocycles. The van der Waals surface area contributed by atoms with E-state index in [9.17, 15) is 9.59 Å². The first kappa shape index (κ1) is 15.9. The van der Waals surface area contributed by atoms with Crippen LogP contribution in [0.25, 0.3) is 0 Å². The first-order valence-electron chi connectivity index (χ1n) is 6.23. The van der Waals surface area contributed by atoms with Gasteiger partial charge in [0.05, 0.1) is 6.61 Å². The normalized spacial score (nSPS) is 12.1. The lowest BCUT2D eigenvalue weighted by molar-refractivity contribution is -0.143. The van der Waals surface area contributed by atoms with Crippen molar-refractivity contribution < 1.29 is 19.4 Å². The van der Waals surface area contributed by atoms with Gasteiger partial charge in [-0.2, -0.15) is 0 Å². The smallest absolute Gasteiger partial charge is 0.320 e. The number of rotatable bonds is 10. The Kier molecular flexibility index (Phi) is 9.43. The summed E-state index contributed by atoms with van der Waals surface area (Å²) in [6.07, 6.45) is 3.44. The summed E-state index contributed by atoms with van der Waals surface area (Å²) in [7, 11) is 0. The van der Waals surface area contributed by atoms with Gasteiger partial charge in [-0.15, -0.1) is 0 Å². The Balaban J connectivity index is 3.67. The van der Waals surface area contributed by atoms with Crippen LogP contribution >= 0.6 is 0 Å². The molecule has 1 unspecified atom stereocenters. The van der Waals surface area contributed by atoms with Gasteiger partial charge >= 0.3 is 11.9 Å². The number of hydrogen-bond acceptors (Lipinski definition) is 4. The first-order chi connectivity index (χ1) is 8.11. The zero-order valence-corrected chi connectivity index (χ0v) is 10.7. The van der Waals surface area contributed by atoms with E-state index in [1.165, 1.54) is 0 Å². The van der Waals surface area contributed by atoms with Crippen molar-refractivity contribution in [2.45, 2.75) is 52.0 Å². The van der Waals surface area contributed by atoms with Crippen LogP contribution in [0.5, 0.6) is 0 Å². The molecule has 0 aliphatic heterocycles. The summed E-state index contributed by atoms with van der Waals surface area (Å²) in [4.78, 5) is 21.9. The van der Waals surface area contributed by atoms with E-state index >= 15 is 0 Å². The molecular formula is C12H23NO4. The van der Waals surface area contributed by atoms with E-state index in [4.69, 9.17) is 9.84 Å². The fourth-order valence-electron chi connectivity index (χ4n) is 1.46. The molecule has 0 aliphatic carbocycles. The largest absolute Gasteiger partial charge is 0.480 e. The van der Waals surface area contributed by atoms with E-state index in [0.717, 1.165) is 12.8 Å². The summed E-state index contributed by atoms with van der Waals surface area (Å²) >= 11 is 0. The lowest BCUT2D eigenvalue weighted by atomic mass is 10.1. The van der Waals surface area contributed by atoms with Gasteiger partial charge in [-0.05, 0) is 26.3 Å². The molecule has 0 rings (SSSR count). The Morgan fingerprint density at radius 3 is 2.53 bits per heavy atom. The molecule has 5 heteroatoms. The van der Waals surface area contributed by atoms with Crippen LogP contribution < -0.4 is 5.32 Å². The fourth-order valence-corrected chi connectivity index (χ4v) is 1.46. The number of hydrogen-bond donors (Lipinski definition) is 2. The van der Waals surface area contributed by atoms with E-state index in [-0.39, 0.29) is 5.97 Å². The third-order valence-electron chi connectivity index (χ3n) is 2.40. The third-order valence-corrected chi connectivity index (χ3v) is 2.40. The number of unbranched alkanes of at least 4 members (excludes halogenated alkanes) is 1. The Morgan fingerprint density at radius 1 is 1.29 bits per heavy atom. The summed E-state index contributed by atoms with van der Waals surface area (Å²) in [5.41, 5.74) is 0. The average Bonchev–Trinajstić information content (AvgIpc) is 2.28. The first-order valence-corrected chi connectivity index (χ1v) is 6.23. The number of carbonyl (C=O) groups excluding carboxylic acids is 1. The van der Waals surface area contributed by atoms with Crippen molar-refractivity contribution in [3.05, 3.63) is 0 Å². The molecule has 0 saturated heterocycles. The minimum atomic E-state index is -0.824. The van der Waals surface area contributed by atoms with Gasteiger partial charge in [-0.1, -0.05) is 19.8 Å². The quantitative estimate of drug-likeness (QED) is 0.451. The fraction of sp³-hybridized carbons (Fsp3) is 0.833. The third kappa shape index (κ3) is 8.68. The van der Waals surface area contributed by atoms with E-state index < -0.39 is 12.0 Å². The van der Waals surface area contributed by atoms with Crippen molar-refractivity contribution in [3.8, 4) is 0 Å². The van der Waals surface area contributed by atoms with Crippen LogP contribution in [-0.4, -0.2) is 36.2 Å². The molecule has 0 radical (unpaired) electrons. The van der Waals surface area contributed by atoms with E-state index in [2.05, 4.69) is 5.32 Å². The Bertz CT molecular complexity index is 231. The van der Waals surface area contributed by atoms with E-state index in [1.807, 2.05) is 6.92 Å². The standard InChI is InChI=1S/C12H23NO4/c1-3-5-7-10(12(15)16)13-9-6-8-11(14)17-4-2/h10,13H,3-9H2,1-2H3,(H,15,16). The molecular weight excluding hydrogens is 222 g/mol. The second-order valence-electron chi connectivity index (χ2n) is 3.90. The molecule has 0 saturated carbocycles. The Labute approximate surface area is 103 Å². The maximum Gasteiger partial charge on any atom is 0.320 e.